The molecular formula is C15H28N4O2. The molecule has 0 saturated carbocycles. The van der Waals surface area contributed by atoms with Gasteiger partial charge < -0.3 is 15.6 Å². The number of nitrogens with zero attached hydrogens (tertiary/aromatic N) is 3. The second kappa shape index (κ2) is 6.87. The molecule has 1 saturated heterocycles. The summed E-state index contributed by atoms with van der Waals surface area (Å²) >= 11 is 0. The molecule has 1 aliphatic heterocycles. The number of rotatable bonds is 6. The number of aromatic nitrogens is 2. The SMILES string of the molecule is CCC(N)C(c1cnn(C)c1)N(C)CC1(O)CCOCC1. The van der Waals surface area contributed by atoms with Crippen molar-refractivity contribution in [3.05, 3.63) is 18.0 Å². The quantitative estimate of drug-likeness (QED) is 0.807. The summed E-state index contributed by atoms with van der Waals surface area (Å²) in [5, 5.41) is 15.0. The van der Waals surface area contributed by atoms with Gasteiger partial charge in [0, 0.05) is 57.4 Å². The minimum atomic E-state index is -0.680. The highest BCUT2D eigenvalue weighted by atomic mass is 16.5. The van der Waals surface area contributed by atoms with Crippen molar-refractivity contribution in [1.82, 2.24) is 14.7 Å². The van der Waals surface area contributed by atoms with Gasteiger partial charge in [-0.3, -0.25) is 9.58 Å². The molecule has 1 aromatic rings. The minimum absolute atomic E-state index is 0.0163. The molecule has 2 unspecified atom stereocenters. The zero-order valence-corrected chi connectivity index (χ0v) is 13.3. The normalized spacial score (nSPS) is 21.4. The van der Waals surface area contributed by atoms with Crippen molar-refractivity contribution in [2.24, 2.45) is 12.8 Å². The molecule has 0 aromatic carbocycles. The molecule has 2 atom stereocenters. The van der Waals surface area contributed by atoms with Crippen LogP contribution in [0.2, 0.25) is 0 Å². The Kier molecular flexibility index (Phi) is 5.37. The van der Waals surface area contributed by atoms with Gasteiger partial charge >= 0.3 is 0 Å². The zero-order valence-electron chi connectivity index (χ0n) is 13.3. The van der Waals surface area contributed by atoms with Gasteiger partial charge in [-0.1, -0.05) is 6.92 Å². The molecule has 1 aromatic heterocycles. The fraction of sp³-hybridized carbons (Fsp3) is 0.800. The van der Waals surface area contributed by atoms with Gasteiger partial charge in [0.1, 0.15) is 0 Å². The lowest BCUT2D eigenvalue weighted by atomic mass is 9.91. The van der Waals surface area contributed by atoms with Crippen LogP contribution in [-0.2, 0) is 11.8 Å². The summed E-state index contributed by atoms with van der Waals surface area (Å²) in [6.45, 7) is 3.94. The zero-order chi connectivity index (χ0) is 15.5. The number of aliphatic hydroxyl groups is 1. The summed E-state index contributed by atoms with van der Waals surface area (Å²) < 4.78 is 7.14. The van der Waals surface area contributed by atoms with E-state index in [1.165, 1.54) is 0 Å². The molecular weight excluding hydrogens is 268 g/mol. The van der Waals surface area contributed by atoms with Crippen LogP contribution < -0.4 is 5.73 Å². The minimum Gasteiger partial charge on any atom is -0.388 e. The van der Waals surface area contributed by atoms with Crippen LogP contribution in [0.4, 0.5) is 0 Å². The monoisotopic (exact) mass is 296 g/mol. The van der Waals surface area contributed by atoms with Crippen LogP contribution in [0.15, 0.2) is 12.4 Å². The van der Waals surface area contributed by atoms with E-state index in [9.17, 15) is 5.11 Å². The van der Waals surface area contributed by atoms with Gasteiger partial charge in [0.15, 0.2) is 0 Å². The molecule has 1 aliphatic rings. The molecule has 1 fully saturated rings. The third-order valence-electron chi connectivity index (χ3n) is 4.39. The Bertz CT molecular complexity index is 443. The molecule has 0 radical (unpaired) electrons. The fourth-order valence-electron chi connectivity index (χ4n) is 3.12. The van der Waals surface area contributed by atoms with Crippen molar-refractivity contribution in [2.45, 2.75) is 43.9 Å². The third-order valence-corrected chi connectivity index (χ3v) is 4.39. The van der Waals surface area contributed by atoms with Gasteiger partial charge in [0.2, 0.25) is 0 Å². The van der Waals surface area contributed by atoms with Crippen LogP contribution in [-0.4, -0.2) is 58.2 Å². The fourth-order valence-corrected chi connectivity index (χ4v) is 3.12. The Morgan fingerprint density at radius 2 is 2.19 bits per heavy atom. The summed E-state index contributed by atoms with van der Waals surface area (Å²) in [4.78, 5) is 2.16. The van der Waals surface area contributed by atoms with Crippen molar-refractivity contribution < 1.29 is 9.84 Å². The summed E-state index contributed by atoms with van der Waals surface area (Å²) in [5.41, 5.74) is 6.74. The molecule has 0 bridgehead atoms. The highest BCUT2D eigenvalue weighted by Crippen LogP contribution is 2.28. The van der Waals surface area contributed by atoms with E-state index in [0.717, 1.165) is 12.0 Å². The summed E-state index contributed by atoms with van der Waals surface area (Å²) in [6.07, 6.45) is 6.11. The second-order valence-electron chi connectivity index (χ2n) is 6.22. The number of hydrogen-bond acceptors (Lipinski definition) is 5. The van der Waals surface area contributed by atoms with E-state index in [1.807, 2.05) is 26.5 Å². The Morgan fingerprint density at radius 1 is 1.52 bits per heavy atom. The van der Waals surface area contributed by atoms with E-state index in [0.29, 0.717) is 32.6 Å². The lowest BCUT2D eigenvalue weighted by Crippen LogP contribution is -2.49. The maximum atomic E-state index is 10.7. The van der Waals surface area contributed by atoms with E-state index >= 15 is 0 Å². The molecule has 2 rings (SSSR count). The Balaban J connectivity index is 2.12. The molecule has 6 nitrogen and oxygen atoms in total. The smallest absolute Gasteiger partial charge is 0.0818 e. The first-order valence-electron chi connectivity index (χ1n) is 7.69. The predicted octanol–water partition coefficient (Wildman–Crippen LogP) is 0.672. The number of aryl methyl sites for hydroxylation is 1. The first-order chi connectivity index (χ1) is 9.95. The second-order valence-corrected chi connectivity index (χ2v) is 6.22. The van der Waals surface area contributed by atoms with Crippen LogP contribution in [0.25, 0.3) is 0 Å². The van der Waals surface area contributed by atoms with E-state index in [2.05, 4.69) is 16.9 Å². The van der Waals surface area contributed by atoms with Crippen LogP contribution in [0.3, 0.4) is 0 Å². The van der Waals surface area contributed by atoms with Gasteiger partial charge in [0.25, 0.3) is 0 Å². The molecule has 3 N–H and O–H groups in total. The average Bonchev–Trinajstić information content (AvgIpc) is 2.85. The highest BCUT2D eigenvalue weighted by Gasteiger charge is 2.34. The summed E-state index contributed by atoms with van der Waals surface area (Å²) in [5.74, 6) is 0. The van der Waals surface area contributed by atoms with Crippen molar-refractivity contribution in [1.29, 1.82) is 0 Å². The standard InChI is InChI=1S/C15H28N4O2/c1-4-13(16)14(12-9-17-19(3)10-12)18(2)11-15(20)5-7-21-8-6-15/h9-10,13-14,20H,4-8,11,16H2,1-3H3. The molecule has 21 heavy (non-hydrogen) atoms. The van der Waals surface area contributed by atoms with Crippen LogP contribution in [0.5, 0.6) is 0 Å². The third kappa shape index (κ3) is 4.03. The number of ether oxygens (including phenoxy) is 1. The van der Waals surface area contributed by atoms with E-state index in [-0.39, 0.29) is 12.1 Å². The number of hydrogen-bond donors (Lipinski definition) is 2. The van der Waals surface area contributed by atoms with Crippen LogP contribution >= 0.6 is 0 Å². The van der Waals surface area contributed by atoms with Gasteiger partial charge in [0.05, 0.1) is 17.8 Å². The summed E-state index contributed by atoms with van der Waals surface area (Å²) in [7, 11) is 3.94. The topological polar surface area (TPSA) is 76.5 Å². The molecule has 2 heterocycles. The Morgan fingerprint density at radius 3 is 2.71 bits per heavy atom. The molecule has 6 heteroatoms. The molecule has 0 aliphatic carbocycles. The van der Waals surface area contributed by atoms with Crippen LogP contribution in [0.1, 0.15) is 37.8 Å². The van der Waals surface area contributed by atoms with Gasteiger partial charge in [-0.25, -0.2) is 0 Å². The van der Waals surface area contributed by atoms with Gasteiger partial charge in [-0.15, -0.1) is 0 Å². The average molecular weight is 296 g/mol. The molecule has 0 amide bonds. The Labute approximate surface area is 126 Å². The van der Waals surface area contributed by atoms with Gasteiger partial charge in [-0.05, 0) is 13.5 Å². The highest BCUT2D eigenvalue weighted by molar-refractivity contribution is 5.13. The van der Waals surface area contributed by atoms with E-state index in [1.54, 1.807) is 4.68 Å². The number of nitrogens with two attached hydrogens (primary N) is 1. The van der Waals surface area contributed by atoms with Crippen molar-refractivity contribution in [3.63, 3.8) is 0 Å². The van der Waals surface area contributed by atoms with Crippen molar-refractivity contribution in [3.8, 4) is 0 Å². The lowest BCUT2D eigenvalue weighted by Gasteiger charge is -2.39. The predicted molar refractivity (Wildman–Crippen MR) is 81.8 cm³/mol. The van der Waals surface area contributed by atoms with Crippen molar-refractivity contribution >= 4 is 0 Å². The lowest BCUT2D eigenvalue weighted by molar-refractivity contribution is -0.0827. The van der Waals surface area contributed by atoms with Crippen LogP contribution in [0, 0.1) is 0 Å². The first kappa shape index (κ1) is 16.4. The van der Waals surface area contributed by atoms with E-state index in [4.69, 9.17) is 10.5 Å². The number of likely N-dealkylation sites (N-methyl/N-ethyl adjacent to an activating group) is 1. The maximum Gasteiger partial charge on any atom is 0.0818 e. The Hall–Kier alpha value is -0.950. The van der Waals surface area contributed by atoms with Gasteiger partial charge in [-0.2, -0.15) is 5.10 Å². The molecule has 120 valence electrons. The van der Waals surface area contributed by atoms with E-state index < -0.39 is 5.60 Å². The first-order valence-corrected chi connectivity index (χ1v) is 7.69. The van der Waals surface area contributed by atoms with Crippen molar-refractivity contribution in [2.75, 3.05) is 26.8 Å². The maximum absolute atomic E-state index is 10.7. The summed E-state index contributed by atoms with van der Waals surface area (Å²) in [6, 6.07) is 0.0817. The molecule has 0 spiro atoms. The largest absolute Gasteiger partial charge is 0.388 e.